The highest BCUT2D eigenvalue weighted by Gasteiger charge is 2.25. The SMILES string of the molecule is CC(C)n1ncnc1Cn1nnc(N)c1C(C)(C)C. The second-order valence-electron chi connectivity index (χ2n) is 5.95. The molecule has 0 radical (unpaired) electrons. The van der Waals surface area contributed by atoms with Gasteiger partial charge < -0.3 is 5.73 Å². The molecule has 2 N–H and O–H groups in total. The van der Waals surface area contributed by atoms with Gasteiger partial charge in [-0.25, -0.2) is 14.3 Å². The molecule has 0 unspecified atom stereocenters. The summed E-state index contributed by atoms with van der Waals surface area (Å²) in [4.78, 5) is 4.29. The molecule has 0 amide bonds. The van der Waals surface area contributed by atoms with Crippen LogP contribution in [0.5, 0.6) is 0 Å². The Bertz CT molecular complexity index is 559. The van der Waals surface area contributed by atoms with Gasteiger partial charge in [-0.05, 0) is 13.8 Å². The van der Waals surface area contributed by atoms with Crippen LogP contribution < -0.4 is 5.73 Å². The number of hydrogen-bond acceptors (Lipinski definition) is 5. The van der Waals surface area contributed by atoms with E-state index in [4.69, 9.17) is 5.73 Å². The molecule has 0 aromatic carbocycles. The standard InChI is InChI=1S/C12H21N7/c1-8(2)19-9(14-7-15-19)6-18-10(12(3,4)5)11(13)16-17-18/h7-8H,6,13H2,1-5H3. The van der Waals surface area contributed by atoms with Gasteiger partial charge >= 0.3 is 0 Å². The summed E-state index contributed by atoms with van der Waals surface area (Å²) >= 11 is 0. The van der Waals surface area contributed by atoms with E-state index in [2.05, 4.69) is 55.0 Å². The minimum atomic E-state index is -0.115. The normalized spacial score (nSPS) is 12.3. The van der Waals surface area contributed by atoms with Gasteiger partial charge in [-0.2, -0.15) is 5.10 Å². The summed E-state index contributed by atoms with van der Waals surface area (Å²) in [5.41, 5.74) is 6.72. The predicted molar refractivity (Wildman–Crippen MR) is 72.6 cm³/mol. The molecule has 0 aliphatic carbocycles. The number of rotatable bonds is 3. The fourth-order valence-electron chi connectivity index (χ4n) is 2.16. The summed E-state index contributed by atoms with van der Waals surface area (Å²) in [7, 11) is 0. The highest BCUT2D eigenvalue weighted by molar-refractivity contribution is 5.38. The number of nitrogens with two attached hydrogens (primary N) is 1. The van der Waals surface area contributed by atoms with Crippen LogP contribution in [0, 0.1) is 0 Å². The third kappa shape index (κ3) is 2.59. The highest BCUT2D eigenvalue weighted by atomic mass is 15.5. The topological polar surface area (TPSA) is 87.4 Å². The number of anilines is 1. The second kappa shape index (κ2) is 4.64. The molecule has 0 aliphatic heterocycles. The molecule has 2 aromatic heterocycles. The first kappa shape index (κ1) is 13.5. The average molecular weight is 263 g/mol. The first-order valence-electron chi connectivity index (χ1n) is 6.38. The molecule has 0 fully saturated rings. The van der Waals surface area contributed by atoms with Crippen LogP contribution in [0.2, 0.25) is 0 Å². The lowest BCUT2D eigenvalue weighted by molar-refractivity contribution is 0.458. The Kier molecular flexibility index (Phi) is 3.30. The van der Waals surface area contributed by atoms with Crippen molar-refractivity contribution in [3.63, 3.8) is 0 Å². The Morgan fingerprint density at radius 2 is 2.00 bits per heavy atom. The van der Waals surface area contributed by atoms with Gasteiger partial charge in [0.1, 0.15) is 18.7 Å². The van der Waals surface area contributed by atoms with Crippen molar-refractivity contribution in [2.45, 2.75) is 52.6 Å². The van der Waals surface area contributed by atoms with Crippen molar-refractivity contribution in [1.82, 2.24) is 29.8 Å². The van der Waals surface area contributed by atoms with Crippen LogP contribution in [0.3, 0.4) is 0 Å². The summed E-state index contributed by atoms with van der Waals surface area (Å²) in [5.74, 6) is 1.33. The van der Waals surface area contributed by atoms with Crippen molar-refractivity contribution in [1.29, 1.82) is 0 Å². The lowest BCUT2D eigenvalue weighted by atomic mass is 9.92. The zero-order valence-corrected chi connectivity index (χ0v) is 12.1. The van der Waals surface area contributed by atoms with Crippen molar-refractivity contribution in [2.75, 3.05) is 5.73 Å². The molecule has 2 heterocycles. The van der Waals surface area contributed by atoms with E-state index in [1.165, 1.54) is 0 Å². The van der Waals surface area contributed by atoms with E-state index in [1.54, 1.807) is 11.0 Å². The zero-order valence-electron chi connectivity index (χ0n) is 12.1. The summed E-state index contributed by atoms with van der Waals surface area (Å²) in [6, 6.07) is 0.261. The highest BCUT2D eigenvalue weighted by Crippen LogP contribution is 2.26. The van der Waals surface area contributed by atoms with E-state index in [0.717, 1.165) is 11.5 Å². The van der Waals surface area contributed by atoms with Gasteiger partial charge in [0.2, 0.25) is 0 Å². The van der Waals surface area contributed by atoms with Crippen LogP contribution in [0.25, 0.3) is 0 Å². The Morgan fingerprint density at radius 3 is 2.58 bits per heavy atom. The fraction of sp³-hybridized carbons (Fsp3) is 0.667. The summed E-state index contributed by atoms with van der Waals surface area (Å²) in [6.07, 6.45) is 1.56. The third-order valence-corrected chi connectivity index (χ3v) is 2.90. The largest absolute Gasteiger partial charge is 0.381 e. The van der Waals surface area contributed by atoms with Gasteiger partial charge in [0.15, 0.2) is 5.82 Å². The van der Waals surface area contributed by atoms with Crippen LogP contribution in [0.4, 0.5) is 5.82 Å². The molecule has 104 valence electrons. The van der Waals surface area contributed by atoms with Crippen molar-refractivity contribution in [3.8, 4) is 0 Å². The third-order valence-electron chi connectivity index (χ3n) is 2.90. The number of hydrogen-bond donors (Lipinski definition) is 1. The molecule has 0 aliphatic rings. The second-order valence-corrected chi connectivity index (χ2v) is 5.95. The smallest absolute Gasteiger partial charge is 0.169 e. The molecule has 0 bridgehead atoms. The van der Waals surface area contributed by atoms with E-state index in [9.17, 15) is 0 Å². The van der Waals surface area contributed by atoms with Crippen molar-refractivity contribution < 1.29 is 0 Å². The van der Waals surface area contributed by atoms with Gasteiger partial charge in [0.25, 0.3) is 0 Å². The van der Waals surface area contributed by atoms with Crippen LogP contribution in [0.15, 0.2) is 6.33 Å². The Morgan fingerprint density at radius 1 is 1.32 bits per heavy atom. The van der Waals surface area contributed by atoms with E-state index in [1.807, 2.05) is 4.68 Å². The maximum absolute atomic E-state index is 5.92. The molecule has 19 heavy (non-hydrogen) atoms. The van der Waals surface area contributed by atoms with E-state index >= 15 is 0 Å². The van der Waals surface area contributed by atoms with E-state index in [0.29, 0.717) is 12.4 Å². The molecule has 7 heteroatoms. The minimum absolute atomic E-state index is 0.115. The van der Waals surface area contributed by atoms with E-state index < -0.39 is 0 Å². The summed E-state index contributed by atoms with van der Waals surface area (Å²) < 4.78 is 3.68. The Hall–Kier alpha value is -1.92. The first-order valence-corrected chi connectivity index (χ1v) is 6.38. The quantitative estimate of drug-likeness (QED) is 0.903. The molecule has 0 saturated carbocycles. The first-order chi connectivity index (χ1) is 8.80. The summed E-state index contributed by atoms with van der Waals surface area (Å²) in [5, 5.41) is 12.3. The molecule has 0 saturated heterocycles. The zero-order chi connectivity index (χ0) is 14.2. The lowest BCUT2D eigenvalue weighted by Crippen LogP contribution is -2.22. The Labute approximate surface area is 112 Å². The van der Waals surface area contributed by atoms with Crippen molar-refractivity contribution in [2.24, 2.45) is 0 Å². The maximum Gasteiger partial charge on any atom is 0.169 e. The molecule has 0 spiro atoms. The number of nitrogens with zero attached hydrogens (tertiary/aromatic N) is 6. The van der Waals surface area contributed by atoms with E-state index in [-0.39, 0.29) is 11.5 Å². The molecule has 2 rings (SSSR count). The molecular formula is C12H21N7. The molecule has 2 aromatic rings. The minimum Gasteiger partial charge on any atom is -0.381 e. The van der Waals surface area contributed by atoms with Crippen LogP contribution in [-0.2, 0) is 12.0 Å². The summed E-state index contributed by atoms with van der Waals surface area (Å²) in [6.45, 7) is 10.9. The predicted octanol–water partition coefficient (Wildman–Crippen LogP) is 1.38. The average Bonchev–Trinajstić information content (AvgIpc) is 2.84. The van der Waals surface area contributed by atoms with Gasteiger partial charge in [-0.3, -0.25) is 0 Å². The fourth-order valence-corrected chi connectivity index (χ4v) is 2.16. The lowest BCUT2D eigenvalue weighted by Gasteiger charge is -2.20. The number of aromatic nitrogens is 6. The number of nitrogen functional groups attached to an aromatic ring is 1. The van der Waals surface area contributed by atoms with Crippen LogP contribution in [-0.4, -0.2) is 29.8 Å². The van der Waals surface area contributed by atoms with Gasteiger partial charge in [-0.15, -0.1) is 5.10 Å². The monoisotopic (exact) mass is 263 g/mol. The molecular weight excluding hydrogens is 242 g/mol. The van der Waals surface area contributed by atoms with Gasteiger partial charge in [-0.1, -0.05) is 26.0 Å². The van der Waals surface area contributed by atoms with Crippen LogP contribution in [0.1, 0.15) is 52.2 Å². The molecule has 7 nitrogen and oxygen atoms in total. The maximum atomic E-state index is 5.92. The van der Waals surface area contributed by atoms with Crippen molar-refractivity contribution in [3.05, 3.63) is 17.8 Å². The van der Waals surface area contributed by atoms with Gasteiger partial charge in [0, 0.05) is 11.5 Å². The van der Waals surface area contributed by atoms with Gasteiger partial charge in [0.05, 0.1) is 5.69 Å². The van der Waals surface area contributed by atoms with Crippen LogP contribution >= 0.6 is 0 Å². The Balaban J connectivity index is 2.37. The van der Waals surface area contributed by atoms with Crippen molar-refractivity contribution >= 4 is 5.82 Å². The molecule has 0 atom stereocenters.